The molecule has 0 saturated carbocycles. The number of Topliss-reactive ketones (excluding diaryl/α,β-unsaturated/α-hetero) is 4. The zero-order chi connectivity index (χ0) is 79.6. The van der Waals surface area contributed by atoms with Gasteiger partial charge in [0.1, 0.15) is 0 Å². The minimum atomic E-state index is -4.39. The Morgan fingerprint density at radius 3 is 0.877 bits per heavy atom. The molecule has 12 aromatic rings. The molecule has 0 heterocycles. The lowest BCUT2D eigenvalue weighted by molar-refractivity contribution is -0.137. The molecule has 0 N–H and O–H groups in total. The van der Waals surface area contributed by atoms with Crippen molar-refractivity contribution in [3.63, 3.8) is 0 Å². The largest absolute Gasteiger partial charge is 0.416 e. The lowest BCUT2D eigenvalue weighted by atomic mass is 9.99. The van der Waals surface area contributed by atoms with Gasteiger partial charge in [-0.1, -0.05) is 354 Å². The van der Waals surface area contributed by atoms with Crippen LogP contribution in [0.15, 0.2) is 360 Å². The first-order chi connectivity index (χ1) is 54.1. The second kappa shape index (κ2) is 47.3. The summed E-state index contributed by atoms with van der Waals surface area (Å²) in [5, 5.41) is 0.924. The van der Waals surface area contributed by atoms with E-state index in [4.69, 9.17) is 23.2 Å². The van der Waals surface area contributed by atoms with Crippen LogP contribution in [0, 0.1) is 6.92 Å². The van der Waals surface area contributed by atoms with Gasteiger partial charge in [-0.3, -0.25) is 38.8 Å². The lowest BCUT2D eigenvalue weighted by Gasteiger charge is -2.19. The SMILES string of the molecule is CN(C/C(=C\c1ccc(C(F)(F)F)cc1)C(=O)c1ccccc1)Cc1ccccc1.CN(C/C(=C\c1cccc(Cl)c1Cl)C(=O)c1ccccc1)Cc1ccccc1.CN(C/C(=C\c1ccccc1Br)C(=O)c1ccccc1)Cc1ccccc1.Cc1ccc(/C=C(\CN(C)Cc2ccccc2)C(=O)c2ccccc2)cc1.Cl.Cl. The van der Waals surface area contributed by atoms with Gasteiger partial charge in [0.25, 0.3) is 0 Å². The number of aryl methyl sites for hydroxylation is 1. The van der Waals surface area contributed by atoms with Crippen LogP contribution in [0.1, 0.15) is 97.1 Å². The highest BCUT2D eigenvalue weighted by atomic mass is 79.9. The van der Waals surface area contributed by atoms with Crippen LogP contribution in [0.2, 0.25) is 10.0 Å². The van der Waals surface area contributed by atoms with E-state index in [1.54, 1.807) is 36.4 Å². The van der Waals surface area contributed by atoms with Gasteiger partial charge in [0.2, 0.25) is 0 Å². The van der Waals surface area contributed by atoms with Crippen molar-refractivity contribution in [2.75, 3.05) is 54.4 Å². The fourth-order valence-electron chi connectivity index (χ4n) is 12.2. The first-order valence-corrected chi connectivity index (χ1v) is 38.2. The monoisotopic (exact) mass is 1660 g/mol. The molecular formula is C98H92BrCl4F3N4O4. The Kier molecular flexibility index (Phi) is 37.6. The zero-order valence-corrected chi connectivity index (χ0v) is 69.0. The molecule has 0 aliphatic heterocycles. The summed E-state index contributed by atoms with van der Waals surface area (Å²) in [5.41, 5.74) is 14.0. The van der Waals surface area contributed by atoms with E-state index in [0.29, 0.717) is 76.2 Å². The molecule has 0 bridgehead atoms. The van der Waals surface area contributed by atoms with Crippen molar-refractivity contribution in [1.29, 1.82) is 0 Å². The topological polar surface area (TPSA) is 81.2 Å². The molecule has 0 aliphatic carbocycles. The summed E-state index contributed by atoms with van der Waals surface area (Å²) in [7, 11) is 8.00. The van der Waals surface area contributed by atoms with E-state index in [1.807, 2.05) is 270 Å². The van der Waals surface area contributed by atoms with Gasteiger partial charge in [-0.15, -0.1) is 24.8 Å². The molecule has 8 nitrogen and oxygen atoms in total. The standard InChI is InChI=1S/C25H22F3NO.C25H25NO.C24H22BrNO.C24H21Cl2NO.2ClH/c1-29(17-20-8-4-2-5-9-20)18-22(24(30)21-10-6-3-7-11-21)16-19-12-14-23(15-13-19)25(26,27)28;1-20-13-15-21(16-14-20)17-24(25(27)23-11-7-4-8-12-23)19-26(2)18-22-9-5-3-6-10-22;1-26(17-19-10-4-2-5-11-19)18-22(16-21-14-8-9-15-23(21)25)24(27)20-12-6-3-7-13-20;1-27(16-18-9-4-2-5-10-18)17-21(24(28)19-11-6-3-7-12-19)15-20-13-8-14-22(25)23(20)26;;/h2-16H,17-18H2,1H3;3-17H,18-19H2,1-2H3;2-16H,17-18H2,1H3;2-15H,16-17H2,1H3;2*1H/b22-16+;24-17+;22-16+;21-15+;;. The van der Waals surface area contributed by atoms with Crippen LogP contribution in [0.3, 0.4) is 0 Å². The van der Waals surface area contributed by atoms with Gasteiger partial charge in [-0.25, -0.2) is 0 Å². The van der Waals surface area contributed by atoms with Crippen molar-refractivity contribution >= 4 is 111 Å². The van der Waals surface area contributed by atoms with E-state index >= 15 is 0 Å². The van der Waals surface area contributed by atoms with Crippen LogP contribution in [-0.4, -0.2) is 97.1 Å². The second-order valence-corrected chi connectivity index (χ2v) is 28.9. The minimum Gasteiger partial charge on any atom is -0.298 e. The molecule has 0 unspecified atom stereocenters. The maximum atomic E-state index is 13.2. The van der Waals surface area contributed by atoms with Crippen molar-refractivity contribution in [1.82, 2.24) is 19.6 Å². The van der Waals surface area contributed by atoms with Gasteiger partial charge < -0.3 is 0 Å². The fraction of sp³-hybridized carbons (Fsp3) is 0.143. The Morgan fingerprint density at radius 2 is 0.579 bits per heavy atom. The summed E-state index contributed by atoms with van der Waals surface area (Å²) in [6, 6.07) is 104. The van der Waals surface area contributed by atoms with Gasteiger partial charge in [0.15, 0.2) is 23.1 Å². The molecule has 16 heteroatoms. The number of nitrogens with zero attached hydrogens (tertiary/aromatic N) is 4. The van der Waals surface area contributed by atoms with Crippen molar-refractivity contribution in [3.05, 3.63) is 448 Å². The fourth-order valence-corrected chi connectivity index (χ4v) is 13.0. The molecular weight excluding hydrogens is 1580 g/mol. The third-order valence-electron chi connectivity index (χ3n) is 17.8. The van der Waals surface area contributed by atoms with Gasteiger partial charge >= 0.3 is 6.18 Å². The number of benzene rings is 12. The molecule has 0 aliphatic rings. The Morgan fingerprint density at radius 1 is 0.325 bits per heavy atom. The van der Waals surface area contributed by atoms with Crippen LogP contribution in [-0.2, 0) is 32.4 Å². The Bertz CT molecular complexity index is 5090. The summed E-state index contributed by atoms with van der Waals surface area (Å²) in [5.74, 6) is -0.0192. The third-order valence-corrected chi connectivity index (χ3v) is 19.4. The quantitative estimate of drug-likeness (QED) is 0.0354. The number of carbonyl (C=O) groups excluding carboxylic acids is 4. The number of ketones is 4. The number of halogens is 8. The van der Waals surface area contributed by atoms with Gasteiger partial charge in [-0.2, -0.15) is 13.2 Å². The Hall–Kier alpha value is -10.5. The smallest absolute Gasteiger partial charge is 0.298 e. The summed E-state index contributed by atoms with van der Waals surface area (Å²) in [4.78, 5) is 61.0. The van der Waals surface area contributed by atoms with Gasteiger partial charge in [0.05, 0.1) is 15.6 Å². The summed E-state index contributed by atoms with van der Waals surface area (Å²) in [6.07, 6.45) is 3.11. The second-order valence-electron chi connectivity index (χ2n) is 27.3. The average molecular weight is 1670 g/mol. The Labute approximate surface area is 700 Å². The highest BCUT2D eigenvalue weighted by Gasteiger charge is 2.30. The number of carbonyl (C=O) groups is 4. The number of alkyl halides is 3. The number of rotatable bonds is 28. The van der Waals surface area contributed by atoms with Crippen molar-refractivity contribution in [2.24, 2.45) is 0 Å². The van der Waals surface area contributed by atoms with E-state index in [1.165, 1.54) is 34.4 Å². The van der Waals surface area contributed by atoms with Crippen LogP contribution in [0.4, 0.5) is 13.2 Å². The van der Waals surface area contributed by atoms with E-state index < -0.39 is 11.7 Å². The van der Waals surface area contributed by atoms with Crippen LogP contribution in [0.5, 0.6) is 0 Å². The van der Waals surface area contributed by atoms with Crippen LogP contribution >= 0.6 is 63.9 Å². The van der Waals surface area contributed by atoms with Gasteiger partial charge in [0, 0.05) is 101 Å². The molecule has 12 rings (SSSR count). The summed E-state index contributed by atoms with van der Waals surface area (Å²) in [6.45, 7) is 7.06. The van der Waals surface area contributed by atoms with Crippen molar-refractivity contribution < 1.29 is 32.3 Å². The number of hydrogen-bond donors (Lipinski definition) is 0. The predicted octanol–water partition coefficient (Wildman–Crippen LogP) is 24.6. The summed E-state index contributed by atoms with van der Waals surface area (Å²) < 4.78 is 39.5. The zero-order valence-electron chi connectivity index (χ0n) is 64.2. The molecule has 0 aromatic heterocycles. The lowest BCUT2D eigenvalue weighted by Crippen LogP contribution is -2.24. The first kappa shape index (κ1) is 90.7. The molecule has 114 heavy (non-hydrogen) atoms. The molecule has 0 fully saturated rings. The first-order valence-electron chi connectivity index (χ1n) is 36.7. The molecule has 584 valence electrons. The number of likely N-dealkylation sites (N-methyl/N-ethyl adjacent to an activating group) is 4. The van der Waals surface area contributed by atoms with E-state index in [0.717, 1.165) is 75.2 Å². The summed E-state index contributed by atoms with van der Waals surface area (Å²) >= 11 is 16.1. The van der Waals surface area contributed by atoms with E-state index in [9.17, 15) is 32.3 Å². The van der Waals surface area contributed by atoms with Crippen molar-refractivity contribution in [2.45, 2.75) is 39.3 Å². The molecule has 0 radical (unpaired) electrons. The predicted molar refractivity (Wildman–Crippen MR) is 474 cm³/mol. The number of hydrogen-bond acceptors (Lipinski definition) is 8. The highest BCUT2D eigenvalue weighted by Crippen LogP contribution is 2.31. The van der Waals surface area contributed by atoms with Crippen LogP contribution in [0.25, 0.3) is 24.3 Å². The Balaban J connectivity index is 0.000000209. The minimum absolute atomic E-state index is 0. The van der Waals surface area contributed by atoms with E-state index in [-0.39, 0.29) is 47.9 Å². The molecule has 0 spiro atoms. The molecule has 0 amide bonds. The maximum absolute atomic E-state index is 13.2. The van der Waals surface area contributed by atoms with Crippen LogP contribution < -0.4 is 0 Å². The van der Waals surface area contributed by atoms with Crippen molar-refractivity contribution in [3.8, 4) is 0 Å². The molecule has 12 aromatic carbocycles. The average Bonchev–Trinajstić information content (AvgIpc) is 0.838. The normalized spacial score (nSPS) is 11.6. The van der Waals surface area contributed by atoms with Gasteiger partial charge in [-0.05, 0) is 128 Å². The highest BCUT2D eigenvalue weighted by molar-refractivity contribution is 9.10. The molecule has 0 saturated heterocycles. The molecule has 0 atom stereocenters. The van der Waals surface area contributed by atoms with E-state index in [2.05, 4.69) is 98.2 Å². The third kappa shape index (κ3) is 30.1. The maximum Gasteiger partial charge on any atom is 0.416 e.